The zero-order valence-corrected chi connectivity index (χ0v) is 18.1. The van der Waals surface area contributed by atoms with Gasteiger partial charge in [0.05, 0.1) is 30.2 Å². The Morgan fingerprint density at radius 3 is 2.90 bits per heavy atom. The van der Waals surface area contributed by atoms with Gasteiger partial charge in [0.1, 0.15) is 0 Å². The summed E-state index contributed by atoms with van der Waals surface area (Å²) in [6.45, 7) is 6.21. The second-order valence-corrected chi connectivity index (χ2v) is 8.13. The third-order valence-corrected chi connectivity index (χ3v) is 5.75. The summed E-state index contributed by atoms with van der Waals surface area (Å²) in [6, 6.07) is 6.23. The van der Waals surface area contributed by atoms with Crippen molar-refractivity contribution >= 4 is 40.1 Å². The van der Waals surface area contributed by atoms with E-state index in [1.54, 1.807) is 18.5 Å². The number of carbonyl (C=O) groups is 2. The van der Waals surface area contributed by atoms with Gasteiger partial charge in [-0.2, -0.15) is 0 Å². The van der Waals surface area contributed by atoms with Crippen LogP contribution in [0.5, 0.6) is 0 Å². The molecular weight excluding hydrogens is 408 g/mol. The number of amides is 1. The number of rotatable bonds is 8. The lowest BCUT2D eigenvalue weighted by atomic mass is 10.1. The van der Waals surface area contributed by atoms with E-state index in [9.17, 15) is 9.59 Å². The molecule has 0 atom stereocenters. The van der Waals surface area contributed by atoms with Gasteiger partial charge in [-0.15, -0.1) is 11.3 Å². The van der Waals surface area contributed by atoms with E-state index < -0.39 is 0 Å². The van der Waals surface area contributed by atoms with Gasteiger partial charge >= 0.3 is 5.97 Å². The summed E-state index contributed by atoms with van der Waals surface area (Å²) in [5.74, 6) is -0.305. The highest BCUT2D eigenvalue weighted by Crippen LogP contribution is 2.24. The van der Waals surface area contributed by atoms with E-state index in [-0.39, 0.29) is 24.1 Å². The fraction of sp³-hybridized carbons (Fsp3) is 0.300. The summed E-state index contributed by atoms with van der Waals surface area (Å²) >= 11 is 2.64. The van der Waals surface area contributed by atoms with Gasteiger partial charge in [0, 0.05) is 17.8 Å². The Morgan fingerprint density at radius 2 is 2.14 bits per heavy atom. The molecule has 7 nitrogen and oxygen atoms in total. The third-order valence-electron chi connectivity index (χ3n) is 3.98. The van der Waals surface area contributed by atoms with Gasteiger partial charge in [0.15, 0.2) is 10.3 Å². The number of nitrogens with zero attached hydrogens (tertiary/aromatic N) is 3. The van der Waals surface area contributed by atoms with Crippen molar-refractivity contribution in [3.8, 4) is 5.69 Å². The van der Waals surface area contributed by atoms with Crippen LogP contribution in [0.1, 0.15) is 23.7 Å². The Morgan fingerprint density at radius 1 is 1.31 bits per heavy atom. The van der Waals surface area contributed by atoms with Gasteiger partial charge in [-0.05, 0) is 32.4 Å². The van der Waals surface area contributed by atoms with E-state index in [1.165, 1.54) is 28.7 Å². The number of anilines is 1. The van der Waals surface area contributed by atoms with Crippen molar-refractivity contribution in [2.24, 2.45) is 0 Å². The lowest BCUT2D eigenvalue weighted by Gasteiger charge is -2.11. The van der Waals surface area contributed by atoms with Gasteiger partial charge < -0.3 is 10.1 Å². The van der Waals surface area contributed by atoms with Crippen LogP contribution in [-0.2, 0) is 20.7 Å². The Kier molecular flexibility index (Phi) is 7.05. The maximum atomic E-state index is 12.3. The van der Waals surface area contributed by atoms with E-state index in [0.717, 1.165) is 16.4 Å². The predicted molar refractivity (Wildman–Crippen MR) is 115 cm³/mol. The Bertz CT molecular complexity index is 1010. The Balaban J connectivity index is 1.58. The molecular formula is C20H22N4O3S2. The summed E-state index contributed by atoms with van der Waals surface area (Å²) in [4.78, 5) is 32.4. The molecule has 0 unspecified atom stereocenters. The molecule has 1 N–H and O–H groups in total. The van der Waals surface area contributed by atoms with Crippen molar-refractivity contribution in [1.29, 1.82) is 0 Å². The van der Waals surface area contributed by atoms with Crippen LogP contribution in [0.25, 0.3) is 5.69 Å². The summed E-state index contributed by atoms with van der Waals surface area (Å²) in [7, 11) is 0. The Hall–Kier alpha value is -2.65. The molecule has 3 rings (SSSR count). The number of aromatic nitrogens is 3. The monoisotopic (exact) mass is 430 g/mol. The van der Waals surface area contributed by atoms with Gasteiger partial charge in [-0.3, -0.25) is 14.2 Å². The number of carbonyl (C=O) groups excluding carboxylic acids is 2. The van der Waals surface area contributed by atoms with E-state index in [4.69, 9.17) is 4.74 Å². The van der Waals surface area contributed by atoms with Crippen LogP contribution in [0.3, 0.4) is 0 Å². The number of imidazole rings is 1. The number of esters is 1. The van der Waals surface area contributed by atoms with Crippen molar-refractivity contribution < 1.29 is 14.3 Å². The van der Waals surface area contributed by atoms with E-state index in [0.29, 0.717) is 17.4 Å². The summed E-state index contributed by atoms with van der Waals surface area (Å²) in [5.41, 5.74) is 3.97. The molecule has 29 heavy (non-hydrogen) atoms. The standard InChI is InChI=1S/C20H22N4O3S2/c1-4-27-18(26)10-15-11-28-19(22-15)23-17(25)12-29-20-21-7-8-24(20)16-6-5-13(2)9-14(16)3/h5-9,11H,4,10,12H2,1-3H3,(H,22,23,25). The molecule has 0 spiro atoms. The van der Waals surface area contributed by atoms with Gasteiger partial charge in [-0.25, -0.2) is 9.97 Å². The highest BCUT2D eigenvalue weighted by Gasteiger charge is 2.13. The number of ether oxygens (including phenoxy) is 1. The molecule has 9 heteroatoms. The number of thiazole rings is 1. The van der Waals surface area contributed by atoms with Crippen LogP contribution in [0, 0.1) is 13.8 Å². The molecule has 0 aliphatic heterocycles. The van der Waals surface area contributed by atoms with Crippen molar-refractivity contribution in [2.75, 3.05) is 17.7 Å². The second kappa shape index (κ2) is 9.71. The second-order valence-electron chi connectivity index (χ2n) is 6.33. The fourth-order valence-corrected chi connectivity index (χ4v) is 4.24. The average Bonchev–Trinajstić information content (AvgIpc) is 3.29. The van der Waals surface area contributed by atoms with Crippen LogP contribution in [0.4, 0.5) is 5.13 Å². The van der Waals surface area contributed by atoms with Crippen LogP contribution < -0.4 is 5.32 Å². The van der Waals surface area contributed by atoms with Gasteiger partial charge in [0.2, 0.25) is 5.91 Å². The van der Waals surface area contributed by atoms with Crippen molar-refractivity contribution in [2.45, 2.75) is 32.3 Å². The van der Waals surface area contributed by atoms with Crippen LogP contribution in [0.15, 0.2) is 41.1 Å². The first-order chi connectivity index (χ1) is 14.0. The fourth-order valence-electron chi connectivity index (χ4n) is 2.75. The first-order valence-corrected chi connectivity index (χ1v) is 11.0. The number of hydrogen-bond donors (Lipinski definition) is 1. The molecule has 152 valence electrons. The zero-order chi connectivity index (χ0) is 20.8. The highest BCUT2D eigenvalue weighted by atomic mass is 32.2. The Labute approximate surface area is 177 Å². The summed E-state index contributed by atoms with van der Waals surface area (Å²) in [5, 5.41) is 5.72. The first kappa shape index (κ1) is 21.1. The minimum Gasteiger partial charge on any atom is -0.466 e. The van der Waals surface area contributed by atoms with E-state index in [1.807, 2.05) is 10.8 Å². The predicted octanol–water partition coefficient (Wildman–Crippen LogP) is 3.78. The lowest BCUT2D eigenvalue weighted by molar-refractivity contribution is -0.142. The molecule has 0 fully saturated rings. The van der Waals surface area contributed by atoms with Gasteiger partial charge in [0.25, 0.3) is 0 Å². The molecule has 0 aliphatic carbocycles. The number of thioether (sulfide) groups is 1. The molecule has 3 aromatic rings. The van der Waals surface area contributed by atoms with Crippen molar-refractivity contribution in [3.63, 3.8) is 0 Å². The molecule has 0 bridgehead atoms. The third kappa shape index (κ3) is 5.68. The van der Waals surface area contributed by atoms with E-state index in [2.05, 4.69) is 47.3 Å². The molecule has 1 aromatic carbocycles. The number of aryl methyl sites for hydroxylation is 2. The average molecular weight is 431 g/mol. The highest BCUT2D eigenvalue weighted by molar-refractivity contribution is 7.99. The maximum Gasteiger partial charge on any atom is 0.311 e. The number of hydrogen-bond acceptors (Lipinski definition) is 7. The summed E-state index contributed by atoms with van der Waals surface area (Å²) < 4.78 is 6.88. The maximum absolute atomic E-state index is 12.3. The number of benzene rings is 1. The quantitative estimate of drug-likeness (QED) is 0.432. The molecule has 0 aliphatic rings. The van der Waals surface area contributed by atoms with Crippen molar-refractivity contribution in [1.82, 2.24) is 14.5 Å². The molecule has 0 saturated heterocycles. The van der Waals surface area contributed by atoms with Crippen molar-refractivity contribution in [3.05, 3.63) is 52.8 Å². The molecule has 2 heterocycles. The SMILES string of the molecule is CCOC(=O)Cc1csc(NC(=O)CSc2nccn2-c2ccc(C)cc2C)n1. The smallest absolute Gasteiger partial charge is 0.311 e. The first-order valence-electron chi connectivity index (χ1n) is 9.10. The minimum absolute atomic E-state index is 0.0995. The molecule has 0 saturated carbocycles. The normalized spacial score (nSPS) is 10.7. The van der Waals surface area contributed by atoms with Gasteiger partial charge in [-0.1, -0.05) is 29.5 Å². The van der Waals surface area contributed by atoms with Crippen LogP contribution in [0.2, 0.25) is 0 Å². The number of nitrogens with one attached hydrogen (secondary N) is 1. The largest absolute Gasteiger partial charge is 0.466 e. The topological polar surface area (TPSA) is 86.1 Å². The molecule has 0 radical (unpaired) electrons. The molecule has 1 amide bonds. The summed E-state index contributed by atoms with van der Waals surface area (Å²) in [6.07, 6.45) is 3.71. The minimum atomic E-state index is -0.329. The van der Waals surface area contributed by atoms with E-state index >= 15 is 0 Å². The lowest BCUT2D eigenvalue weighted by Crippen LogP contribution is -2.14. The van der Waals surface area contributed by atoms with Crippen LogP contribution in [-0.4, -0.2) is 38.8 Å². The molecule has 2 aromatic heterocycles. The van der Waals surface area contributed by atoms with Crippen LogP contribution >= 0.6 is 23.1 Å². The zero-order valence-electron chi connectivity index (χ0n) is 16.5.